The molecule has 1 heterocycles. The number of rotatable bonds is 1. The largest absolute Gasteiger partial charge is 0.341 e. The molecule has 0 unspecified atom stereocenters. The molecule has 3 heteroatoms. The molecular weight excluding hydrogens is 178 g/mol. The normalized spacial score (nSPS) is 15.2. The minimum atomic E-state index is 0.00921. The van der Waals surface area contributed by atoms with Crippen LogP contribution in [-0.4, -0.2) is 30.7 Å². The van der Waals surface area contributed by atoms with E-state index in [2.05, 4.69) is 0 Å². The van der Waals surface area contributed by atoms with Gasteiger partial charge in [0.1, 0.15) is 6.29 Å². The summed E-state index contributed by atoms with van der Waals surface area (Å²) < 4.78 is 0. The van der Waals surface area contributed by atoms with Crippen LogP contribution >= 0.6 is 0 Å². The number of benzene rings is 1. The average Bonchev–Trinajstić information content (AvgIpc) is 2.23. The van der Waals surface area contributed by atoms with Crippen LogP contribution in [0.1, 0.15) is 26.3 Å². The molecule has 1 aromatic rings. The smallest absolute Gasteiger partial charge is 0.253 e. The van der Waals surface area contributed by atoms with E-state index in [4.69, 9.17) is 0 Å². The zero-order chi connectivity index (χ0) is 10.1. The highest BCUT2D eigenvalue weighted by Crippen LogP contribution is 2.18. The van der Waals surface area contributed by atoms with Crippen molar-refractivity contribution in [3.63, 3.8) is 0 Å². The third-order valence-corrected chi connectivity index (χ3v) is 2.56. The zero-order valence-electron chi connectivity index (χ0n) is 7.99. The highest BCUT2D eigenvalue weighted by atomic mass is 16.2. The summed E-state index contributed by atoms with van der Waals surface area (Å²) in [6, 6.07) is 5.29. The molecule has 0 bridgehead atoms. The summed E-state index contributed by atoms with van der Waals surface area (Å²) in [5.41, 5.74) is 2.27. The second-order valence-corrected chi connectivity index (χ2v) is 3.51. The van der Waals surface area contributed by atoms with Gasteiger partial charge in [-0.05, 0) is 18.1 Å². The van der Waals surface area contributed by atoms with E-state index < -0.39 is 0 Å². The molecule has 0 radical (unpaired) electrons. The van der Waals surface area contributed by atoms with Gasteiger partial charge in [-0.25, -0.2) is 0 Å². The Labute approximate surface area is 82.3 Å². The lowest BCUT2D eigenvalue weighted by atomic mass is 9.97. The maximum Gasteiger partial charge on any atom is 0.253 e. The van der Waals surface area contributed by atoms with Gasteiger partial charge in [0.25, 0.3) is 5.91 Å². The minimum absolute atomic E-state index is 0.00921. The summed E-state index contributed by atoms with van der Waals surface area (Å²) in [6.07, 6.45) is 1.64. The number of nitrogens with zero attached hydrogens (tertiary/aromatic N) is 1. The van der Waals surface area contributed by atoms with Crippen molar-refractivity contribution in [1.82, 2.24) is 4.90 Å². The molecule has 0 aliphatic carbocycles. The van der Waals surface area contributed by atoms with Gasteiger partial charge in [0, 0.05) is 24.7 Å². The standard InChI is InChI=1S/C11H11NO2/c1-12-5-4-9-3-2-8(7-13)6-10(9)11(12)14/h2-3,6-7H,4-5H2,1H3. The van der Waals surface area contributed by atoms with Crippen LogP contribution in [0.2, 0.25) is 0 Å². The summed E-state index contributed by atoms with van der Waals surface area (Å²) in [7, 11) is 1.78. The minimum Gasteiger partial charge on any atom is -0.341 e. The van der Waals surface area contributed by atoms with E-state index in [1.807, 2.05) is 6.07 Å². The molecule has 1 aromatic carbocycles. The topological polar surface area (TPSA) is 37.4 Å². The van der Waals surface area contributed by atoms with Crippen LogP contribution in [0.3, 0.4) is 0 Å². The number of carbonyl (C=O) groups excluding carboxylic acids is 2. The molecule has 0 aromatic heterocycles. The third-order valence-electron chi connectivity index (χ3n) is 2.56. The number of amides is 1. The van der Waals surface area contributed by atoms with Crippen molar-refractivity contribution >= 4 is 12.2 Å². The highest BCUT2D eigenvalue weighted by molar-refractivity contribution is 5.98. The van der Waals surface area contributed by atoms with E-state index in [1.165, 1.54) is 0 Å². The van der Waals surface area contributed by atoms with Gasteiger partial charge in [-0.2, -0.15) is 0 Å². The van der Waals surface area contributed by atoms with Gasteiger partial charge in [0.2, 0.25) is 0 Å². The second-order valence-electron chi connectivity index (χ2n) is 3.51. The number of hydrogen-bond donors (Lipinski definition) is 0. The van der Waals surface area contributed by atoms with Crippen molar-refractivity contribution in [3.05, 3.63) is 34.9 Å². The molecule has 0 fully saturated rings. The Morgan fingerprint density at radius 3 is 2.93 bits per heavy atom. The Morgan fingerprint density at radius 2 is 2.21 bits per heavy atom. The summed E-state index contributed by atoms with van der Waals surface area (Å²) in [6.45, 7) is 0.756. The molecule has 0 spiro atoms. The fraction of sp³-hybridized carbons (Fsp3) is 0.273. The zero-order valence-corrected chi connectivity index (χ0v) is 7.99. The Balaban J connectivity index is 2.51. The van der Waals surface area contributed by atoms with Crippen molar-refractivity contribution in [3.8, 4) is 0 Å². The van der Waals surface area contributed by atoms with Crippen molar-refractivity contribution in [1.29, 1.82) is 0 Å². The van der Waals surface area contributed by atoms with Crippen molar-refractivity contribution < 1.29 is 9.59 Å². The molecule has 1 aliphatic rings. The van der Waals surface area contributed by atoms with E-state index >= 15 is 0 Å². The second kappa shape index (κ2) is 3.25. The molecule has 0 N–H and O–H groups in total. The number of likely N-dealkylation sites (N-methyl/N-ethyl adjacent to an activating group) is 1. The van der Waals surface area contributed by atoms with Gasteiger partial charge in [0.15, 0.2) is 0 Å². The number of carbonyl (C=O) groups is 2. The molecule has 0 atom stereocenters. The summed E-state index contributed by atoms with van der Waals surface area (Å²) >= 11 is 0. The third kappa shape index (κ3) is 1.31. The monoisotopic (exact) mass is 189 g/mol. The first-order chi connectivity index (χ1) is 6.72. The van der Waals surface area contributed by atoms with Gasteiger partial charge in [-0.3, -0.25) is 9.59 Å². The van der Waals surface area contributed by atoms with Crippen LogP contribution in [0.15, 0.2) is 18.2 Å². The molecule has 72 valence electrons. The van der Waals surface area contributed by atoms with Gasteiger partial charge in [-0.15, -0.1) is 0 Å². The van der Waals surface area contributed by atoms with Crippen molar-refractivity contribution in [2.45, 2.75) is 6.42 Å². The fourth-order valence-electron chi connectivity index (χ4n) is 1.68. The summed E-state index contributed by atoms with van der Waals surface area (Å²) in [5, 5.41) is 0. The highest BCUT2D eigenvalue weighted by Gasteiger charge is 2.21. The molecule has 0 saturated heterocycles. The lowest BCUT2D eigenvalue weighted by Gasteiger charge is -2.24. The van der Waals surface area contributed by atoms with Crippen LogP contribution in [0.4, 0.5) is 0 Å². The molecular formula is C11H11NO2. The first kappa shape index (κ1) is 8.94. The Kier molecular flexibility index (Phi) is 2.08. The predicted octanol–water partition coefficient (Wildman–Crippen LogP) is 1.13. The fourth-order valence-corrected chi connectivity index (χ4v) is 1.68. The van der Waals surface area contributed by atoms with Crippen LogP contribution in [0.25, 0.3) is 0 Å². The number of hydrogen-bond acceptors (Lipinski definition) is 2. The van der Waals surface area contributed by atoms with Crippen molar-refractivity contribution in [2.24, 2.45) is 0 Å². The maximum absolute atomic E-state index is 11.7. The molecule has 14 heavy (non-hydrogen) atoms. The maximum atomic E-state index is 11.7. The van der Waals surface area contributed by atoms with E-state index in [0.29, 0.717) is 11.1 Å². The van der Waals surface area contributed by atoms with Gasteiger partial charge in [-0.1, -0.05) is 12.1 Å². The Bertz CT molecular complexity index is 398. The molecule has 1 aliphatic heterocycles. The van der Waals surface area contributed by atoms with E-state index in [-0.39, 0.29) is 5.91 Å². The van der Waals surface area contributed by atoms with Crippen LogP contribution in [0.5, 0.6) is 0 Å². The van der Waals surface area contributed by atoms with Gasteiger partial charge in [0.05, 0.1) is 0 Å². The molecule has 2 rings (SSSR count). The molecule has 1 amide bonds. The van der Waals surface area contributed by atoms with E-state index in [9.17, 15) is 9.59 Å². The van der Waals surface area contributed by atoms with E-state index in [1.54, 1.807) is 24.1 Å². The lowest BCUT2D eigenvalue weighted by molar-refractivity contribution is 0.0781. The Hall–Kier alpha value is -1.64. The summed E-state index contributed by atoms with van der Waals surface area (Å²) in [4.78, 5) is 23.9. The van der Waals surface area contributed by atoms with Crippen LogP contribution in [0, 0.1) is 0 Å². The average molecular weight is 189 g/mol. The van der Waals surface area contributed by atoms with Crippen LogP contribution < -0.4 is 0 Å². The molecule has 0 saturated carbocycles. The number of aldehydes is 1. The van der Waals surface area contributed by atoms with Crippen LogP contribution in [-0.2, 0) is 6.42 Å². The van der Waals surface area contributed by atoms with Gasteiger partial charge < -0.3 is 4.90 Å². The van der Waals surface area contributed by atoms with Crippen molar-refractivity contribution in [2.75, 3.05) is 13.6 Å². The lowest BCUT2D eigenvalue weighted by Crippen LogP contribution is -2.34. The Morgan fingerprint density at radius 1 is 1.43 bits per heavy atom. The SMILES string of the molecule is CN1CCc2ccc(C=O)cc2C1=O. The van der Waals surface area contributed by atoms with E-state index in [0.717, 1.165) is 24.8 Å². The van der Waals surface area contributed by atoms with Gasteiger partial charge >= 0.3 is 0 Å². The summed E-state index contributed by atoms with van der Waals surface area (Å²) in [5.74, 6) is 0.00921. The predicted molar refractivity (Wildman–Crippen MR) is 52.5 cm³/mol. The number of fused-ring (bicyclic) bond motifs is 1. The molecule has 3 nitrogen and oxygen atoms in total. The first-order valence-electron chi connectivity index (χ1n) is 4.56. The quantitative estimate of drug-likeness (QED) is 0.621. The first-order valence-corrected chi connectivity index (χ1v) is 4.56.